The molecule has 0 saturated heterocycles. The molecule has 0 bridgehead atoms. The minimum absolute atomic E-state index is 0.0944. The smallest absolute Gasteiger partial charge is 0.421 e. The van der Waals surface area contributed by atoms with Crippen LogP contribution < -0.4 is 5.59 Å². The van der Waals surface area contributed by atoms with Gasteiger partial charge in [0, 0.05) is 6.20 Å². The predicted molar refractivity (Wildman–Crippen MR) is 53.8 cm³/mol. The summed E-state index contributed by atoms with van der Waals surface area (Å²) in [6.45, 7) is -3.53. The number of aromatic nitrogens is 1. The van der Waals surface area contributed by atoms with Gasteiger partial charge in [-0.25, -0.2) is 0 Å². The summed E-state index contributed by atoms with van der Waals surface area (Å²) in [4.78, 5) is 3.76. The van der Waals surface area contributed by atoms with Crippen LogP contribution in [0.15, 0.2) is 36.5 Å². The molecule has 14 heavy (non-hydrogen) atoms. The van der Waals surface area contributed by atoms with Gasteiger partial charge in [0.1, 0.15) is 0 Å². The van der Waals surface area contributed by atoms with E-state index in [1.165, 1.54) is 6.20 Å². The minimum atomic E-state index is -3.53. The molecule has 0 atom stereocenters. The topological polar surface area (TPSA) is 73.6 Å². The molecule has 2 rings (SSSR count). The highest BCUT2D eigenvalue weighted by Gasteiger charge is 2.21. The number of hydrogen-bond acceptors (Lipinski definition) is 4. The first-order valence-electron chi connectivity index (χ1n) is 4.24. The van der Waals surface area contributed by atoms with Gasteiger partial charge in [0.2, 0.25) is 0 Å². The summed E-state index contributed by atoms with van der Waals surface area (Å²) in [5.74, 6) is 0. The Bertz CT molecular complexity index is 462. The van der Waals surface area contributed by atoms with Crippen LogP contribution in [0, 0.1) is 0 Å². The van der Waals surface area contributed by atoms with Crippen molar-refractivity contribution in [2.75, 3.05) is 0 Å². The Morgan fingerprint density at radius 3 is 2.43 bits per heavy atom. The first-order valence-corrected chi connectivity index (χ1v) is 4.24. The van der Waals surface area contributed by atoms with Crippen molar-refractivity contribution in [2.24, 2.45) is 0 Å². The normalized spacial score (nSPS) is 11.9. The van der Waals surface area contributed by atoms with Gasteiger partial charge in [-0.05, 0) is 22.4 Å². The van der Waals surface area contributed by atoms with Crippen LogP contribution in [-0.2, 0) is 0 Å². The highest BCUT2D eigenvalue weighted by molar-refractivity contribution is 6.73. The molecule has 0 aliphatic heterocycles. The Hall–Kier alpha value is -1.43. The van der Waals surface area contributed by atoms with Gasteiger partial charge in [-0.2, -0.15) is 0 Å². The number of fused-ring (bicyclic) bond motifs is 1. The van der Waals surface area contributed by atoms with Crippen molar-refractivity contribution in [3.8, 4) is 0 Å². The van der Waals surface area contributed by atoms with Gasteiger partial charge >= 0.3 is 6.75 Å². The first-order chi connectivity index (χ1) is 6.59. The van der Waals surface area contributed by atoms with E-state index < -0.39 is 6.75 Å². The number of pyridine rings is 1. The fourth-order valence-electron chi connectivity index (χ4n) is 1.45. The average Bonchev–Trinajstić information content (AvgIpc) is 2.15. The van der Waals surface area contributed by atoms with Crippen LogP contribution in [-0.4, -0.2) is 26.8 Å². The Balaban J connectivity index is 2.78. The van der Waals surface area contributed by atoms with Crippen molar-refractivity contribution in [3.05, 3.63) is 36.5 Å². The van der Waals surface area contributed by atoms with Crippen molar-refractivity contribution < 1.29 is 15.1 Å². The van der Waals surface area contributed by atoms with Crippen LogP contribution in [0.25, 0.3) is 10.8 Å². The van der Waals surface area contributed by atoms with Crippen molar-refractivity contribution in [2.45, 2.75) is 0 Å². The second kappa shape index (κ2) is 3.06. The number of nitrogens with zero attached hydrogens (tertiary/aromatic N) is 1. The molecule has 72 valence electrons. The third-order valence-corrected chi connectivity index (χ3v) is 2.07. The summed E-state index contributed by atoms with van der Waals surface area (Å²) in [6.07, 6.45) is 1.43. The van der Waals surface area contributed by atoms with Gasteiger partial charge in [-0.3, -0.25) is 4.98 Å². The molecule has 0 amide bonds. The first kappa shape index (κ1) is 9.14. The van der Waals surface area contributed by atoms with E-state index in [0.29, 0.717) is 5.39 Å². The third-order valence-electron chi connectivity index (χ3n) is 2.07. The molecule has 0 fully saturated rings. The maximum atomic E-state index is 9.10. The van der Waals surface area contributed by atoms with E-state index in [0.717, 1.165) is 5.39 Å². The molecule has 3 N–H and O–H groups in total. The summed E-state index contributed by atoms with van der Waals surface area (Å²) in [5.41, 5.74) is -0.0944. The zero-order chi connectivity index (χ0) is 10.2. The molecule has 4 nitrogen and oxygen atoms in total. The quantitative estimate of drug-likeness (QED) is 0.522. The van der Waals surface area contributed by atoms with Gasteiger partial charge in [-0.1, -0.05) is 24.3 Å². The molecule has 0 radical (unpaired) electrons. The molecule has 2 aromatic rings. The molecule has 1 heterocycles. The lowest BCUT2D eigenvalue weighted by atomic mass is 9.73. The maximum Gasteiger partial charge on any atom is 0.421 e. The molecular weight excluding hydrogens is 181 g/mol. The van der Waals surface area contributed by atoms with Gasteiger partial charge in [0.25, 0.3) is 0 Å². The van der Waals surface area contributed by atoms with E-state index >= 15 is 0 Å². The Kier molecular flexibility index (Phi) is 2.00. The van der Waals surface area contributed by atoms with Crippen LogP contribution in [0.4, 0.5) is 0 Å². The molecule has 1 aromatic carbocycles. The fourth-order valence-corrected chi connectivity index (χ4v) is 1.45. The second-order valence-corrected chi connectivity index (χ2v) is 3.15. The van der Waals surface area contributed by atoms with E-state index in [1.807, 2.05) is 12.1 Å². The van der Waals surface area contributed by atoms with Crippen molar-refractivity contribution >= 4 is 23.1 Å². The molecule has 0 saturated carbocycles. The SMILES string of the molecule is O[B-](O)(O)c1nccc2ccccc12. The number of hydrogen-bond donors (Lipinski definition) is 3. The monoisotopic (exact) mass is 190 g/mol. The molecule has 0 aliphatic carbocycles. The third kappa shape index (κ3) is 1.48. The van der Waals surface area contributed by atoms with Crippen LogP contribution >= 0.6 is 0 Å². The maximum absolute atomic E-state index is 9.10. The van der Waals surface area contributed by atoms with Crippen LogP contribution in [0.5, 0.6) is 0 Å². The average molecular weight is 190 g/mol. The molecular formula is C9H9BNO3-. The molecule has 0 aliphatic rings. The lowest BCUT2D eigenvalue weighted by Crippen LogP contribution is -2.50. The summed E-state index contributed by atoms with van der Waals surface area (Å²) in [7, 11) is 0. The molecule has 0 spiro atoms. The van der Waals surface area contributed by atoms with E-state index in [2.05, 4.69) is 4.98 Å². The van der Waals surface area contributed by atoms with Crippen LogP contribution in [0.1, 0.15) is 0 Å². The lowest BCUT2D eigenvalue weighted by Gasteiger charge is -2.21. The lowest BCUT2D eigenvalue weighted by molar-refractivity contribution is 0.249. The Morgan fingerprint density at radius 1 is 1.00 bits per heavy atom. The van der Waals surface area contributed by atoms with Gasteiger partial charge in [-0.15, -0.1) is 0 Å². The standard InChI is InChI=1S/C9H9BNO3/c12-10(13,14)9-8-4-2-1-3-7(8)5-6-11-9/h1-6,12-14H/q-1. The number of benzene rings is 1. The highest BCUT2D eigenvalue weighted by Crippen LogP contribution is 2.10. The highest BCUT2D eigenvalue weighted by atomic mass is 16.5. The van der Waals surface area contributed by atoms with E-state index in [1.54, 1.807) is 18.2 Å². The van der Waals surface area contributed by atoms with Crippen molar-refractivity contribution in [1.82, 2.24) is 4.98 Å². The van der Waals surface area contributed by atoms with E-state index in [4.69, 9.17) is 15.1 Å². The van der Waals surface area contributed by atoms with Gasteiger partial charge in [0.05, 0.1) is 0 Å². The predicted octanol–water partition coefficient (Wildman–Crippen LogP) is -0.642. The van der Waals surface area contributed by atoms with Crippen LogP contribution in [0.3, 0.4) is 0 Å². The van der Waals surface area contributed by atoms with Crippen LogP contribution in [0.2, 0.25) is 0 Å². The molecule has 5 heteroatoms. The zero-order valence-electron chi connectivity index (χ0n) is 7.33. The van der Waals surface area contributed by atoms with Gasteiger partial charge in [0.15, 0.2) is 0 Å². The fraction of sp³-hybridized carbons (Fsp3) is 0. The summed E-state index contributed by atoms with van der Waals surface area (Å²) < 4.78 is 0. The van der Waals surface area contributed by atoms with Crippen molar-refractivity contribution in [1.29, 1.82) is 0 Å². The number of rotatable bonds is 1. The zero-order valence-corrected chi connectivity index (χ0v) is 7.33. The second-order valence-electron chi connectivity index (χ2n) is 3.15. The minimum Gasteiger partial charge on any atom is -0.555 e. The summed E-state index contributed by atoms with van der Waals surface area (Å²) in [5, 5.41) is 28.6. The Morgan fingerprint density at radius 2 is 1.71 bits per heavy atom. The molecule has 0 unspecified atom stereocenters. The summed E-state index contributed by atoms with van der Waals surface area (Å²) >= 11 is 0. The largest absolute Gasteiger partial charge is 0.555 e. The Labute approximate surface area is 80.5 Å². The van der Waals surface area contributed by atoms with E-state index in [9.17, 15) is 0 Å². The molecule has 1 aromatic heterocycles. The summed E-state index contributed by atoms with van der Waals surface area (Å²) in [6, 6.07) is 8.79. The van der Waals surface area contributed by atoms with E-state index in [-0.39, 0.29) is 5.59 Å². The van der Waals surface area contributed by atoms with Crippen molar-refractivity contribution in [3.63, 3.8) is 0 Å². The van der Waals surface area contributed by atoms with Gasteiger partial charge < -0.3 is 15.1 Å².